The van der Waals surface area contributed by atoms with Crippen LogP contribution in [0.25, 0.3) is 0 Å². The van der Waals surface area contributed by atoms with Crippen molar-refractivity contribution in [3.63, 3.8) is 0 Å². The average Bonchev–Trinajstić information content (AvgIpc) is 3.14. The molecular formula is C26H18Cl2FN3O2S. The van der Waals surface area contributed by atoms with Crippen LogP contribution in [0.3, 0.4) is 0 Å². The van der Waals surface area contributed by atoms with E-state index in [2.05, 4.69) is 5.32 Å². The van der Waals surface area contributed by atoms with Gasteiger partial charge in [-0.15, -0.1) is 0 Å². The van der Waals surface area contributed by atoms with Gasteiger partial charge in [0.2, 0.25) is 5.91 Å². The molecule has 3 aromatic rings. The lowest BCUT2D eigenvalue weighted by Gasteiger charge is -2.19. The van der Waals surface area contributed by atoms with Crippen LogP contribution in [0.2, 0.25) is 10.0 Å². The topological polar surface area (TPSA) is 73.2 Å². The van der Waals surface area contributed by atoms with Gasteiger partial charge < -0.3 is 5.32 Å². The highest BCUT2D eigenvalue weighted by Gasteiger charge is 2.41. The highest BCUT2D eigenvalue weighted by molar-refractivity contribution is 8.05. The summed E-state index contributed by atoms with van der Waals surface area (Å²) in [4.78, 5) is 28.0. The second-order valence-electron chi connectivity index (χ2n) is 7.81. The van der Waals surface area contributed by atoms with Crippen LogP contribution in [-0.4, -0.2) is 17.1 Å². The van der Waals surface area contributed by atoms with Gasteiger partial charge in [0.1, 0.15) is 22.5 Å². The number of carbonyl (C=O) groups excluding carboxylic acids is 2. The minimum Gasteiger partial charge on any atom is -0.321 e. The van der Waals surface area contributed by atoms with Crippen molar-refractivity contribution in [2.75, 3.05) is 10.2 Å². The Morgan fingerprint density at radius 1 is 1.11 bits per heavy atom. The highest BCUT2D eigenvalue weighted by atomic mass is 35.5. The molecule has 0 aliphatic carbocycles. The Labute approximate surface area is 216 Å². The SMILES string of the molecule is Cc1ccc(N2C(=O)[C@H](Cc3cc(Cl)ccc3Cl)S/C2=C(/C#N)C(=O)Nc2ccc(F)cc2)cc1. The van der Waals surface area contributed by atoms with E-state index in [1.165, 1.54) is 29.2 Å². The predicted molar refractivity (Wildman–Crippen MR) is 138 cm³/mol. The molecule has 0 aromatic heterocycles. The molecular weight excluding hydrogens is 508 g/mol. The van der Waals surface area contributed by atoms with Gasteiger partial charge in [-0.2, -0.15) is 5.26 Å². The summed E-state index contributed by atoms with van der Waals surface area (Å²) in [6.07, 6.45) is 0.257. The number of hydrogen-bond acceptors (Lipinski definition) is 4. The number of benzene rings is 3. The molecule has 4 rings (SSSR count). The molecule has 0 spiro atoms. The van der Waals surface area contributed by atoms with Crippen LogP contribution in [0.15, 0.2) is 77.3 Å². The van der Waals surface area contributed by atoms with Crippen LogP contribution in [0, 0.1) is 24.1 Å². The monoisotopic (exact) mass is 525 g/mol. The molecule has 1 N–H and O–H groups in total. The van der Waals surface area contributed by atoms with E-state index in [1.54, 1.807) is 30.3 Å². The summed E-state index contributed by atoms with van der Waals surface area (Å²) in [5, 5.41) is 13.0. The molecule has 1 aliphatic heterocycles. The maximum Gasteiger partial charge on any atom is 0.269 e. The van der Waals surface area contributed by atoms with E-state index >= 15 is 0 Å². The molecule has 5 nitrogen and oxygen atoms in total. The number of halogens is 3. The molecule has 1 saturated heterocycles. The van der Waals surface area contributed by atoms with Gasteiger partial charge in [0.15, 0.2) is 0 Å². The summed E-state index contributed by atoms with van der Waals surface area (Å²) in [6.45, 7) is 1.92. The summed E-state index contributed by atoms with van der Waals surface area (Å²) in [5.41, 5.74) is 2.31. The number of rotatable bonds is 5. The van der Waals surface area contributed by atoms with Gasteiger partial charge in [-0.1, -0.05) is 52.7 Å². The molecule has 0 unspecified atom stereocenters. The third-order valence-electron chi connectivity index (χ3n) is 5.31. The molecule has 9 heteroatoms. The fourth-order valence-electron chi connectivity index (χ4n) is 3.54. The van der Waals surface area contributed by atoms with Gasteiger partial charge >= 0.3 is 0 Å². The standard InChI is InChI=1S/C26H18Cl2FN3O2S/c1-15-2-9-20(10-3-15)32-25(34)23(13-16-12-17(27)4-11-22(16)28)35-26(32)21(14-30)24(33)31-19-7-5-18(29)6-8-19/h2-12,23H,13H2,1H3,(H,31,33)/b26-21-/t23-/m0/s1. The zero-order valence-electron chi connectivity index (χ0n) is 18.4. The van der Waals surface area contributed by atoms with E-state index in [4.69, 9.17) is 23.2 Å². The van der Waals surface area contributed by atoms with Gasteiger partial charge in [0.05, 0.1) is 5.25 Å². The average molecular weight is 526 g/mol. The fourth-order valence-corrected chi connectivity index (χ4v) is 5.23. The van der Waals surface area contributed by atoms with Crippen molar-refractivity contribution < 1.29 is 14.0 Å². The van der Waals surface area contributed by atoms with Crippen molar-refractivity contribution >= 4 is 58.2 Å². The first-order chi connectivity index (χ1) is 16.8. The van der Waals surface area contributed by atoms with Crippen molar-refractivity contribution in [3.05, 3.63) is 104 Å². The molecule has 1 fully saturated rings. The van der Waals surface area contributed by atoms with Gasteiger partial charge in [-0.05, 0) is 73.5 Å². The maximum atomic E-state index is 13.6. The smallest absolute Gasteiger partial charge is 0.269 e. The molecule has 1 aliphatic rings. The molecule has 1 atom stereocenters. The van der Waals surface area contributed by atoms with Gasteiger partial charge in [0, 0.05) is 21.4 Å². The quantitative estimate of drug-likeness (QED) is 0.304. The second kappa shape index (κ2) is 10.5. The molecule has 176 valence electrons. The Hall–Kier alpha value is -3.31. The zero-order valence-corrected chi connectivity index (χ0v) is 20.7. The van der Waals surface area contributed by atoms with Gasteiger partial charge in [0.25, 0.3) is 5.91 Å². The van der Waals surface area contributed by atoms with E-state index in [-0.39, 0.29) is 22.9 Å². The van der Waals surface area contributed by atoms with E-state index in [0.717, 1.165) is 17.3 Å². The fraction of sp³-hybridized carbons (Fsp3) is 0.115. The van der Waals surface area contributed by atoms with E-state index in [0.29, 0.717) is 27.0 Å². The van der Waals surface area contributed by atoms with E-state index in [1.807, 2.05) is 25.1 Å². The normalized spacial score (nSPS) is 16.7. The van der Waals surface area contributed by atoms with Crippen molar-refractivity contribution in [1.82, 2.24) is 0 Å². The number of anilines is 2. The third kappa shape index (κ3) is 5.51. The van der Waals surface area contributed by atoms with E-state index in [9.17, 15) is 19.2 Å². The molecule has 0 saturated carbocycles. The molecule has 1 heterocycles. The van der Waals surface area contributed by atoms with Crippen LogP contribution >= 0.6 is 35.0 Å². The number of carbonyl (C=O) groups is 2. The van der Waals surface area contributed by atoms with Crippen LogP contribution in [0.5, 0.6) is 0 Å². The first-order valence-electron chi connectivity index (χ1n) is 10.5. The predicted octanol–water partition coefficient (Wildman–Crippen LogP) is 6.51. The summed E-state index contributed by atoms with van der Waals surface area (Å²) in [6, 6.07) is 19.4. The summed E-state index contributed by atoms with van der Waals surface area (Å²) in [7, 11) is 0. The Kier molecular flexibility index (Phi) is 7.46. The Morgan fingerprint density at radius 3 is 2.46 bits per heavy atom. The van der Waals surface area contributed by atoms with Crippen LogP contribution in [0.1, 0.15) is 11.1 Å². The minimum atomic E-state index is -0.701. The zero-order chi connectivity index (χ0) is 25.1. The lowest BCUT2D eigenvalue weighted by molar-refractivity contribution is -0.117. The minimum absolute atomic E-state index is 0.212. The maximum absolute atomic E-state index is 13.6. The van der Waals surface area contributed by atoms with Crippen molar-refractivity contribution in [3.8, 4) is 6.07 Å². The summed E-state index contributed by atoms with van der Waals surface area (Å²) < 4.78 is 13.2. The van der Waals surface area contributed by atoms with Gasteiger partial charge in [-0.25, -0.2) is 4.39 Å². The molecule has 2 amide bonds. The molecule has 35 heavy (non-hydrogen) atoms. The molecule has 0 bridgehead atoms. The van der Waals surface area contributed by atoms with Crippen LogP contribution < -0.4 is 10.2 Å². The lowest BCUT2D eigenvalue weighted by atomic mass is 10.1. The Balaban J connectivity index is 1.73. The summed E-state index contributed by atoms with van der Waals surface area (Å²) >= 11 is 13.6. The van der Waals surface area contributed by atoms with Crippen LogP contribution in [-0.2, 0) is 16.0 Å². The number of nitrogens with zero attached hydrogens (tertiary/aromatic N) is 2. The van der Waals surface area contributed by atoms with Crippen molar-refractivity contribution in [1.29, 1.82) is 5.26 Å². The molecule has 3 aromatic carbocycles. The van der Waals surface area contributed by atoms with Gasteiger partial charge in [-0.3, -0.25) is 14.5 Å². The number of hydrogen-bond donors (Lipinski definition) is 1. The second-order valence-corrected chi connectivity index (χ2v) is 9.84. The Bertz CT molecular complexity index is 1370. The first-order valence-corrected chi connectivity index (χ1v) is 12.1. The van der Waals surface area contributed by atoms with Crippen molar-refractivity contribution in [2.45, 2.75) is 18.6 Å². The van der Waals surface area contributed by atoms with Crippen LogP contribution in [0.4, 0.5) is 15.8 Å². The lowest BCUT2D eigenvalue weighted by Crippen LogP contribution is -2.31. The number of aryl methyl sites for hydroxylation is 1. The Morgan fingerprint density at radius 2 is 1.80 bits per heavy atom. The number of thioether (sulfide) groups is 1. The molecule has 0 radical (unpaired) electrons. The number of nitriles is 1. The number of amides is 2. The largest absolute Gasteiger partial charge is 0.321 e. The highest BCUT2D eigenvalue weighted by Crippen LogP contribution is 2.42. The summed E-state index contributed by atoms with van der Waals surface area (Å²) in [5.74, 6) is -1.44. The van der Waals surface area contributed by atoms with E-state index < -0.39 is 17.0 Å². The first kappa shape index (κ1) is 24.8. The number of nitrogens with one attached hydrogen (secondary N) is 1. The third-order valence-corrected chi connectivity index (χ3v) is 7.18. The van der Waals surface area contributed by atoms with Crippen molar-refractivity contribution in [2.24, 2.45) is 0 Å².